The SMILES string of the molecule is Cc1cncc(C(=O)N2CCC(NC(=O)OC(C)(C)C)(C(=O)O)C2)c1. The number of aliphatic carboxylic acids is 1. The van der Waals surface area contributed by atoms with E-state index in [1.165, 1.54) is 11.1 Å². The predicted octanol–water partition coefficient (Wildman–Crippen LogP) is 1.58. The summed E-state index contributed by atoms with van der Waals surface area (Å²) in [5.41, 5.74) is -1.08. The largest absolute Gasteiger partial charge is 0.479 e. The number of likely N-dealkylation sites (tertiary alicyclic amines) is 1. The maximum absolute atomic E-state index is 12.6. The molecule has 2 rings (SSSR count). The zero-order valence-corrected chi connectivity index (χ0v) is 14.8. The van der Waals surface area contributed by atoms with Gasteiger partial charge in [0.1, 0.15) is 5.60 Å². The number of hydrogen-bond donors (Lipinski definition) is 2. The van der Waals surface area contributed by atoms with Gasteiger partial charge in [0.2, 0.25) is 0 Å². The topological polar surface area (TPSA) is 109 Å². The molecule has 1 saturated heterocycles. The monoisotopic (exact) mass is 349 g/mol. The molecule has 0 saturated carbocycles. The summed E-state index contributed by atoms with van der Waals surface area (Å²) >= 11 is 0. The number of rotatable bonds is 3. The first kappa shape index (κ1) is 18.7. The summed E-state index contributed by atoms with van der Waals surface area (Å²) in [6.07, 6.45) is 2.36. The smallest absolute Gasteiger partial charge is 0.408 e. The van der Waals surface area contributed by atoms with Crippen molar-refractivity contribution in [1.29, 1.82) is 0 Å². The first-order chi connectivity index (χ1) is 11.5. The lowest BCUT2D eigenvalue weighted by molar-refractivity contribution is -0.144. The molecular formula is C17H23N3O5. The quantitative estimate of drug-likeness (QED) is 0.858. The lowest BCUT2D eigenvalue weighted by Gasteiger charge is -2.28. The molecule has 1 atom stereocenters. The summed E-state index contributed by atoms with van der Waals surface area (Å²) in [5, 5.41) is 12.0. The molecule has 2 heterocycles. The van der Waals surface area contributed by atoms with Gasteiger partial charge in [0.15, 0.2) is 5.54 Å². The maximum atomic E-state index is 12.6. The van der Waals surface area contributed by atoms with Gasteiger partial charge in [0, 0.05) is 25.4 Å². The third kappa shape index (κ3) is 4.46. The Bertz CT molecular complexity index is 698. The maximum Gasteiger partial charge on any atom is 0.408 e. The van der Waals surface area contributed by atoms with Crippen LogP contribution in [0.1, 0.15) is 43.1 Å². The number of pyridine rings is 1. The highest BCUT2D eigenvalue weighted by Gasteiger charge is 2.48. The molecule has 2 amide bonds. The van der Waals surface area contributed by atoms with E-state index in [1.807, 2.05) is 6.92 Å². The Labute approximate surface area is 146 Å². The molecule has 1 aliphatic rings. The van der Waals surface area contributed by atoms with Gasteiger partial charge in [-0.15, -0.1) is 0 Å². The van der Waals surface area contributed by atoms with Gasteiger partial charge >= 0.3 is 12.1 Å². The van der Waals surface area contributed by atoms with Gasteiger partial charge in [-0.2, -0.15) is 0 Å². The summed E-state index contributed by atoms with van der Waals surface area (Å²) in [6.45, 7) is 6.97. The fraction of sp³-hybridized carbons (Fsp3) is 0.529. The Morgan fingerprint density at radius 1 is 1.32 bits per heavy atom. The number of carboxylic acid groups (broad SMARTS) is 1. The molecule has 25 heavy (non-hydrogen) atoms. The summed E-state index contributed by atoms with van der Waals surface area (Å²) in [7, 11) is 0. The molecule has 136 valence electrons. The summed E-state index contributed by atoms with van der Waals surface area (Å²) in [5.74, 6) is -1.51. The Morgan fingerprint density at radius 3 is 2.56 bits per heavy atom. The van der Waals surface area contributed by atoms with Gasteiger partial charge in [-0.05, 0) is 39.3 Å². The van der Waals surface area contributed by atoms with Crippen molar-refractivity contribution in [1.82, 2.24) is 15.2 Å². The second-order valence-electron chi connectivity index (χ2n) is 7.24. The fourth-order valence-electron chi connectivity index (χ4n) is 2.67. The number of carboxylic acids is 1. The van der Waals surface area contributed by atoms with Crippen LogP contribution in [0.25, 0.3) is 0 Å². The Kier molecular flexibility index (Phi) is 5.01. The second-order valence-corrected chi connectivity index (χ2v) is 7.24. The fourth-order valence-corrected chi connectivity index (χ4v) is 2.67. The number of carbonyl (C=O) groups is 3. The van der Waals surface area contributed by atoms with Gasteiger partial charge in [-0.3, -0.25) is 9.78 Å². The van der Waals surface area contributed by atoms with Crippen molar-refractivity contribution in [3.05, 3.63) is 29.6 Å². The van der Waals surface area contributed by atoms with Crippen LogP contribution < -0.4 is 5.32 Å². The number of carbonyl (C=O) groups excluding carboxylic acids is 2. The van der Waals surface area contributed by atoms with E-state index in [0.29, 0.717) is 5.56 Å². The number of nitrogens with one attached hydrogen (secondary N) is 1. The highest BCUT2D eigenvalue weighted by molar-refractivity contribution is 5.95. The van der Waals surface area contributed by atoms with Gasteiger partial charge in [0.25, 0.3) is 5.91 Å². The van der Waals surface area contributed by atoms with Gasteiger partial charge < -0.3 is 20.1 Å². The number of alkyl carbamates (subject to hydrolysis) is 1. The van der Waals surface area contributed by atoms with Crippen LogP contribution in [0.15, 0.2) is 18.5 Å². The molecule has 1 fully saturated rings. The number of nitrogens with zero attached hydrogens (tertiary/aromatic N) is 2. The second kappa shape index (κ2) is 6.70. The van der Waals surface area contributed by atoms with E-state index in [1.54, 1.807) is 33.0 Å². The molecule has 0 spiro atoms. The van der Waals surface area contributed by atoms with Crippen molar-refractivity contribution >= 4 is 18.0 Å². The highest BCUT2D eigenvalue weighted by Crippen LogP contribution is 2.24. The van der Waals surface area contributed by atoms with Crippen LogP contribution in [0.3, 0.4) is 0 Å². The summed E-state index contributed by atoms with van der Waals surface area (Å²) in [6, 6.07) is 1.69. The number of aromatic nitrogens is 1. The van der Waals surface area contributed by atoms with Gasteiger partial charge in [-0.25, -0.2) is 9.59 Å². The van der Waals surface area contributed by atoms with Crippen molar-refractivity contribution < 1.29 is 24.2 Å². The average Bonchev–Trinajstić information content (AvgIpc) is 2.89. The lowest BCUT2D eigenvalue weighted by Crippen LogP contribution is -2.57. The van der Waals surface area contributed by atoms with E-state index < -0.39 is 23.2 Å². The molecular weight excluding hydrogens is 326 g/mol. The highest BCUT2D eigenvalue weighted by atomic mass is 16.6. The normalized spacial score (nSPS) is 20.2. The lowest BCUT2D eigenvalue weighted by atomic mass is 9.99. The Balaban J connectivity index is 2.14. The van der Waals surface area contributed by atoms with Crippen LogP contribution in [0.2, 0.25) is 0 Å². The third-order valence-corrected chi connectivity index (χ3v) is 3.83. The first-order valence-electron chi connectivity index (χ1n) is 7.98. The van der Waals surface area contributed by atoms with Crippen LogP contribution >= 0.6 is 0 Å². The molecule has 8 nitrogen and oxygen atoms in total. The minimum Gasteiger partial charge on any atom is -0.479 e. The van der Waals surface area contributed by atoms with Crippen LogP contribution in [0, 0.1) is 6.92 Å². The Hall–Kier alpha value is -2.64. The van der Waals surface area contributed by atoms with Gasteiger partial charge in [0.05, 0.1) is 12.1 Å². The van der Waals surface area contributed by atoms with Crippen molar-refractivity contribution in [2.24, 2.45) is 0 Å². The average molecular weight is 349 g/mol. The minimum atomic E-state index is -1.56. The molecule has 1 unspecified atom stereocenters. The molecule has 0 bridgehead atoms. The zero-order valence-electron chi connectivity index (χ0n) is 14.8. The number of ether oxygens (including phenoxy) is 1. The molecule has 1 aromatic heterocycles. The Morgan fingerprint density at radius 2 is 2.00 bits per heavy atom. The molecule has 1 aromatic rings. The van der Waals surface area contributed by atoms with Crippen molar-refractivity contribution in [2.45, 2.75) is 45.3 Å². The molecule has 8 heteroatoms. The molecule has 1 aliphatic heterocycles. The zero-order chi connectivity index (χ0) is 18.8. The van der Waals surface area contributed by atoms with Crippen LogP contribution in [-0.2, 0) is 9.53 Å². The standard InChI is InChI=1S/C17H23N3O5/c1-11-7-12(9-18-8-11)13(21)20-6-5-17(10-20,14(22)23)19-15(24)25-16(2,3)4/h7-9H,5-6,10H2,1-4H3,(H,19,24)(H,22,23). The van der Waals surface area contributed by atoms with E-state index in [4.69, 9.17) is 4.74 Å². The number of amides is 2. The summed E-state index contributed by atoms with van der Waals surface area (Å²) < 4.78 is 5.14. The van der Waals surface area contributed by atoms with E-state index in [0.717, 1.165) is 5.56 Å². The van der Waals surface area contributed by atoms with E-state index >= 15 is 0 Å². The number of aryl methyl sites for hydroxylation is 1. The van der Waals surface area contributed by atoms with E-state index in [-0.39, 0.29) is 25.4 Å². The van der Waals surface area contributed by atoms with Crippen molar-refractivity contribution in [3.63, 3.8) is 0 Å². The first-order valence-corrected chi connectivity index (χ1v) is 7.98. The van der Waals surface area contributed by atoms with Crippen molar-refractivity contribution in [2.75, 3.05) is 13.1 Å². The van der Waals surface area contributed by atoms with Crippen LogP contribution in [-0.4, -0.2) is 57.2 Å². The van der Waals surface area contributed by atoms with Crippen molar-refractivity contribution in [3.8, 4) is 0 Å². The molecule has 0 radical (unpaired) electrons. The van der Waals surface area contributed by atoms with Gasteiger partial charge in [-0.1, -0.05) is 0 Å². The molecule has 2 N–H and O–H groups in total. The van der Waals surface area contributed by atoms with E-state index in [9.17, 15) is 19.5 Å². The summed E-state index contributed by atoms with van der Waals surface area (Å²) in [4.78, 5) is 41.7. The van der Waals surface area contributed by atoms with Crippen LogP contribution in [0.4, 0.5) is 4.79 Å². The third-order valence-electron chi connectivity index (χ3n) is 3.83. The molecule has 0 aromatic carbocycles. The van der Waals surface area contributed by atoms with Crippen LogP contribution in [0.5, 0.6) is 0 Å². The molecule has 0 aliphatic carbocycles. The number of hydrogen-bond acceptors (Lipinski definition) is 5. The predicted molar refractivity (Wildman–Crippen MR) is 89.2 cm³/mol. The minimum absolute atomic E-state index is 0.104. The van der Waals surface area contributed by atoms with E-state index in [2.05, 4.69) is 10.3 Å².